The molecule has 2 saturated heterocycles. The Balaban J connectivity index is 0.000000223. The Labute approximate surface area is 239 Å². The van der Waals surface area contributed by atoms with E-state index in [9.17, 15) is 9.59 Å². The SMILES string of the molecule is CCCCC1C(=O)N(c2ccccc2)N(c2nc(-c3ccccc3)cs2)C1=O.c1ccc(N2CCNCC2)nc1. The molecule has 40 heavy (non-hydrogen) atoms. The van der Waals surface area contributed by atoms with Crippen LogP contribution in [0.2, 0.25) is 0 Å². The molecule has 4 heterocycles. The maximum Gasteiger partial charge on any atom is 0.260 e. The number of hydrazine groups is 1. The standard InChI is InChI=1S/C22H21N3O2S.C9H13N3/c1-2-3-14-18-20(26)24(17-12-8-5-9-13-17)25(21(18)27)22-23-19(15-28-22)16-10-6-4-7-11-16;1-2-4-11-9(3-1)12-7-5-10-6-8-12/h4-13,15,18H,2-3,14H2,1H3;1-4,10H,5-8H2. The molecule has 2 fully saturated rings. The molecule has 0 aliphatic carbocycles. The summed E-state index contributed by atoms with van der Waals surface area (Å²) in [5.74, 6) is 0.0700. The number of anilines is 3. The van der Waals surface area contributed by atoms with Crippen molar-refractivity contribution in [3.63, 3.8) is 0 Å². The molecule has 0 saturated carbocycles. The molecule has 2 amide bonds. The fourth-order valence-electron chi connectivity index (χ4n) is 4.78. The Bertz CT molecular complexity index is 1380. The molecule has 6 rings (SSSR count). The summed E-state index contributed by atoms with van der Waals surface area (Å²) in [4.78, 5) is 37.6. The van der Waals surface area contributed by atoms with Crippen molar-refractivity contribution in [3.8, 4) is 11.3 Å². The van der Waals surface area contributed by atoms with Gasteiger partial charge in [0.25, 0.3) is 11.8 Å². The van der Waals surface area contributed by atoms with Crippen molar-refractivity contribution in [2.75, 3.05) is 41.1 Å². The summed E-state index contributed by atoms with van der Waals surface area (Å²) in [6, 6.07) is 25.2. The average molecular weight is 555 g/mol. The monoisotopic (exact) mass is 554 g/mol. The van der Waals surface area contributed by atoms with Crippen LogP contribution in [0.15, 0.2) is 90.4 Å². The van der Waals surface area contributed by atoms with Gasteiger partial charge in [-0.05, 0) is 30.7 Å². The molecule has 1 atom stereocenters. The largest absolute Gasteiger partial charge is 0.354 e. The molecule has 0 radical (unpaired) electrons. The number of piperazine rings is 1. The lowest BCUT2D eigenvalue weighted by Gasteiger charge is -2.28. The minimum atomic E-state index is -0.649. The van der Waals surface area contributed by atoms with Crippen molar-refractivity contribution < 1.29 is 9.59 Å². The highest BCUT2D eigenvalue weighted by molar-refractivity contribution is 7.14. The summed E-state index contributed by atoms with van der Waals surface area (Å²) in [6.07, 6.45) is 4.19. The second-order valence-corrected chi connectivity index (χ2v) is 10.5. The molecule has 4 aromatic rings. The van der Waals surface area contributed by atoms with Gasteiger partial charge in [0.1, 0.15) is 11.7 Å². The van der Waals surface area contributed by atoms with E-state index >= 15 is 0 Å². The Hall–Kier alpha value is -4.08. The predicted octanol–water partition coefficient (Wildman–Crippen LogP) is 5.40. The molecule has 8 nitrogen and oxygen atoms in total. The lowest BCUT2D eigenvalue weighted by Crippen LogP contribution is -2.43. The van der Waals surface area contributed by atoms with Crippen LogP contribution in [0.3, 0.4) is 0 Å². The van der Waals surface area contributed by atoms with Gasteiger partial charge in [-0.15, -0.1) is 11.3 Å². The van der Waals surface area contributed by atoms with Gasteiger partial charge >= 0.3 is 0 Å². The molecule has 0 spiro atoms. The van der Waals surface area contributed by atoms with Crippen molar-refractivity contribution in [3.05, 3.63) is 90.4 Å². The number of hydrogen-bond donors (Lipinski definition) is 1. The van der Waals surface area contributed by atoms with Gasteiger partial charge in [-0.1, -0.05) is 74.4 Å². The third-order valence-electron chi connectivity index (χ3n) is 6.89. The number of carbonyl (C=O) groups is 2. The fraction of sp³-hybridized carbons (Fsp3) is 0.290. The molecule has 2 aromatic heterocycles. The number of unbranched alkanes of at least 4 members (excludes halogenated alkanes) is 1. The summed E-state index contributed by atoms with van der Waals surface area (Å²) >= 11 is 1.37. The zero-order valence-electron chi connectivity index (χ0n) is 22.6. The Morgan fingerprint density at radius 3 is 2.23 bits per heavy atom. The van der Waals surface area contributed by atoms with Gasteiger partial charge in [-0.25, -0.2) is 15.0 Å². The van der Waals surface area contributed by atoms with Crippen molar-refractivity contribution in [1.82, 2.24) is 15.3 Å². The van der Waals surface area contributed by atoms with Crippen LogP contribution in [0, 0.1) is 5.92 Å². The van der Waals surface area contributed by atoms with Crippen LogP contribution in [-0.4, -0.2) is 48.0 Å². The number of thiazole rings is 1. The number of aromatic nitrogens is 2. The number of carbonyl (C=O) groups excluding carboxylic acids is 2. The highest BCUT2D eigenvalue weighted by atomic mass is 32.1. The first kappa shape index (κ1) is 27.5. The highest BCUT2D eigenvalue weighted by Crippen LogP contribution is 2.36. The summed E-state index contributed by atoms with van der Waals surface area (Å²) < 4.78 is 0. The Kier molecular flexibility index (Phi) is 9.15. The molecule has 2 aromatic carbocycles. The number of amides is 2. The van der Waals surface area contributed by atoms with Gasteiger partial charge in [0.05, 0.1) is 11.4 Å². The van der Waals surface area contributed by atoms with Crippen LogP contribution in [-0.2, 0) is 9.59 Å². The Morgan fingerprint density at radius 1 is 0.875 bits per heavy atom. The lowest BCUT2D eigenvalue weighted by atomic mass is 10.0. The third kappa shape index (κ3) is 6.21. The number of nitrogens with one attached hydrogen (secondary N) is 1. The van der Waals surface area contributed by atoms with Gasteiger partial charge < -0.3 is 10.2 Å². The average Bonchev–Trinajstić information content (AvgIpc) is 3.60. The summed E-state index contributed by atoms with van der Waals surface area (Å²) in [5.41, 5.74) is 2.46. The molecule has 1 N–H and O–H groups in total. The summed E-state index contributed by atoms with van der Waals surface area (Å²) in [5, 5.41) is 8.69. The molecular weight excluding hydrogens is 520 g/mol. The van der Waals surface area contributed by atoms with E-state index in [1.807, 2.05) is 84.4 Å². The maximum atomic E-state index is 13.2. The summed E-state index contributed by atoms with van der Waals surface area (Å²) in [6.45, 7) is 6.32. The van der Waals surface area contributed by atoms with Gasteiger partial charge in [0.2, 0.25) is 5.13 Å². The summed E-state index contributed by atoms with van der Waals surface area (Å²) in [7, 11) is 0. The maximum absolute atomic E-state index is 13.2. The first-order chi connectivity index (χ1) is 19.7. The number of pyridine rings is 1. The normalized spacial score (nSPS) is 17.1. The minimum absolute atomic E-state index is 0.180. The topological polar surface area (TPSA) is 81.7 Å². The lowest BCUT2D eigenvalue weighted by molar-refractivity contribution is -0.127. The number of benzene rings is 2. The minimum Gasteiger partial charge on any atom is -0.354 e. The van der Waals surface area contributed by atoms with E-state index in [1.54, 1.807) is 0 Å². The van der Waals surface area contributed by atoms with E-state index in [2.05, 4.69) is 33.2 Å². The van der Waals surface area contributed by atoms with Crippen molar-refractivity contribution in [2.24, 2.45) is 5.92 Å². The molecule has 2 aliphatic rings. The molecule has 2 aliphatic heterocycles. The first-order valence-corrected chi connectivity index (χ1v) is 14.7. The smallest absolute Gasteiger partial charge is 0.260 e. The molecule has 206 valence electrons. The van der Waals surface area contributed by atoms with E-state index in [0.717, 1.165) is 56.1 Å². The fourth-order valence-corrected chi connectivity index (χ4v) is 5.61. The van der Waals surface area contributed by atoms with Gasteiger partial charge in [-0.2, -0.15) is 5.01 Å². The number of nitrogens with zero attached hydrogens (tertiary/aromatic N) is 5. The van der Waals surface area contributed by atoms with Crippen LogP contribution in [0.4, 0.5) is 16.6 Å². The molecule has 1 unspecified atom stereocenters. The zero-order chi connectivity index (χ0) is 27.7. The van der Waals surface area contributed by atoms with Gasteiger partial charge in [0.15, 0.2) is 0 Å². The molecular formula is C31H34N6O2S. The second-order valence-electron chi connectivity index (χ2n) is 9.64. The van der Waals surface area contributed by atoms with Crippen LogP contribution in [0.1, 0.15) is 26.2 Å². The Morgan fingerprint density at radius 2 is 1.55 bits per heavy atom. The van der Waals surface area contributed by atoms with Crippen molar-refractivity contribution in [2.45, 2.75) is 26.2 Å². The third-order valence-corrected chi connectivity index (χ3v) is 7.71. The number of hydrogen-bond acceptors (Lipinski definition) is 7. The van der Waals surface area contributed by atoms with Crippen molar-refractivity contribution in [1.29, 1.82) is 0 Å². The number of para-hydroxylation sites is 1. The van der Waals surface area contributed by atoms with E-state index in [-0.39, 0.29) is 11.8 Å². The highest BCUT2D eigenvalue weighted by Gasteiger charge is 2.47. The van der Waals surface area contributed by atoms with E-state index in [0.29, 0.717) is 17.2 Å². The van der Waals surface area contributed by atoms with Crippen molar-refractivity contribution >= 4 is 39.8 Å². The van der Waals surface area contributed by atoms with Crippen LogP contribution in [0.5, 0.6) is 0 Å². The zero-order valence-corrected chi connectivity index (χ0v) is 23.5. The van der Waals surface area contributed by atoms with E-state index in [1.165, 1.54) is 21.4 Å². The second kappa shape index (κ2) is 13.3. The molecule has 0 bridgehead atoms. The number of rotatable bonds is 7. The van der Waals surface area contributed by atoms with E-state index in [4.69, 9.17) is 0 Å². The van der Waals surface area contributed by atoms with Gasteiger partial charge in [-0.3, -0.25) is 9.59 Å². The predicted molar refractivity (Wildman–Crippen MR) is 161 cm³/mol. The van der Waals surface area contributed by atoms with Gasteiger partial charge in [0, 0.05) is 43.3 Å². The van der Waals surface area contributed by atoms with Crippen LogP contribution < -0.4 is 20.2 Å². The first-order valence-electron chi connectivity index (χ1n) is 13.8. The van der Waals surface area contributed by atoms with Crippen LogP contribution in [0.25, 0.3) is 11.3 Å². The quantitative estimate of drug-likeness (QED) is 0.308. The van der Waals surface area contributed by atoms with E-state index < -0.39 is 5.92 Å². The van der Waals surface area contributed by atoms with Crippen LogP contribution >= 0.6 is 11.3 Å². The molecule has 9 heteroatoms.